The molecule has 0 spiro atoms. The average Bonchev–Trinajstić information content (AvgIpc) is 3.16. The number of piperidine rings is 1. The minimum Gasteiger partial charge on any atom is -0.356 e. The Hall–Kier alpha value is -0.920. The van der Waals surface area contributed by atoms with E-state index < -0.39 is 10.0 Å². The zero-order chi connectivity index (χ0) is 17.0. The van der Waals surface area contributed by atoms with Crippen LogP contribution < -0.4 is 5.32 Å². The first-order chi connectivity index (χ1) is 11.6. The van der Waals surface area contributed by atoms with Crippen LogP contribution in [0.5, 0.6) is 0 Å². The second-order valence-corrected chi connectivity index (χ2v) is 9.97. The summed E-state index contributed by atoms with van der Waals surface area (Å²) in [4.78, 5) is 12.3. The highest BCUT2D eigenvalue weighted by Gasteiger charge is 2.32. The van der Waals surface area contributed by atoms with Crippen molar-refractivity contribution in [3.63, 3.8) is 0 Å². The van der Waals surface area contributed by atoms with E-state index in [1.54, 1.807) is 17.5 Å². The second-order valence-electron chi connectivity index (χ2n) is 6.86. The molecule has 0 bridgehead atoms. The summed E-state index contributed by atoms with van der Waals surface area (Å²) >= 11 is 1.25. The number of carbonyl (C=O) groups is 1. The Kier molecular flexibility index (Phi) is 5.94. The molecule has 1 N–H and O–H groups in total. The topological polar surface area (TPSA) is 66.5 Å². The van der Waals surface area contributed by atoms with Crippen LogP contribution in [0, 0.1) is 11.8 Å². The number of sulfonamides is 1. The SMILES string of the molecule is O=C(NCC1CCCCC1)C1CCN(S(=O)(=O)c2cccs2)CC1. The van der Waals surface area contributed by atoms with Crippen molar-refractivity contribution in [2.24, 2.45) is 11.8 Å². The third-order valence-electron chi connectivity index (χ3n) is 5.20. The van der Waals surface area contributed by atoms with E-state index >= 15 is 0 Å². The number of rotatable bonds is 5. The number of nitrogens with one attached hydrogen (secondary N) is 1. The summed E-state index contributed by atoms with van der Waals surface area (Å²) in [5, 5.41) is 4.87. The minimum absolute atomic E-state index is 0.0524. The van der Waals surface area contributed by atoms with Crippen molar-refractivity contribution in [2.45, 2.75) is 49.2 Å². The van der Waals surface area contributed by atoms with Gasteiger partial charge in [0.2, 0.25) is 5.91 Å². The van der Waals surface area contributed by atoms with Crippen molar-refractivity contribution >= 4 is 27.3 Å². The maximum Gasteiger partial charge on any atom is 0.252 e. The molecule has 2 fully saturated rings. The van der Waals surface area contributed by atoms with Crippen LogP contribution in [0.25, 0.3) is 0 Å². The van der Waals surface area contributed by atoms with Gasteiger partial charge in [0.15, 0.2) is 0 Å². The van der Waals surface area contributed by atoms with Crippen LogP contribution in [0.1, 0.15) is 44.9 Å². The van der Waals surface area contributed by atoms with Gasteiger partial charge in [0, 0.05) is 25.6 Å². The maximum atomic E-state index is 12.5. The van der Waals surface area contributed by atoms with Crippen LogP contribution >= 0.6 is 11.3 Å². The van der Waals surface area contributed by atoms with Crippen molar-refractivity contribution in [3.8, 4) is 0 Å². The highest BCUT2D eigenvalue weighted by Crippen LogP contribution is 2.27. The maximum absolute atomic E-state index is 12.5. The molecule has 1 aromatic rings. The van der Waals surface area contributed by atoms with E-state index in [0.29, 0.717) is 36.1 Å². The third kappa shape index (κ3) is 4.18. The van der Waals surface area contributed by atoms with Gasteiger partial charge < -0.3 is 5.32 Å². The van der Waals surface area contributed by atoms with Gasteiger partial charge in [-0.2, -0.15) is 4.31 Å². The Morgan fingerprint density at radius 1 is 1.17 bits per heavy atom. The van der Waals surface area contributed by atoms with E-state index in [0.717, 1.165) is 6.54 Å². The molecule has 0 atom stereocenters. The van der Waals surface area contributed by atoms with Gasteiger partial charge in [-0.25, -0.2) is 8.42 Å². The standard InChI is InChI=1S/C17H26N2O3S2/c20-17(18-13-14-5-2-1-3-6-14)15-8-10-19(11-9-15)24(21,22)16-7-4-12-23-16/h4,7,12,14-15H,1-3,5-6,8-11,13H2,(H,18,20). The Bertz CT molecular complexity index is 629. The molecule has 0 aromatic carbocycles. The van der Waals surface area contributed by atoms with Crippen LogP contribution in [0.15, 0.2) is 21.7 Å². The Balaban J connectivity index is 1.47. The van der Waals surface area contributed by atoms with Crippen molar-refractivity contribution < 1.29 is 13.2 Å². The normalized spacial score (nSPS) is 21.7. The average molecular weight is 371 g/mol. The highest BCUT2D eigenvalue weighted by molar-refractivity contribution is 7.91. The second kappa shape index (κ2) is 7.97. The molecule has 1 amide bonds. The summed E-state index contributed by atoms with van der Waals surface area (Å²) in [6.07, 6.45) is 7.54. The number of thiophene rings is 1. The van der Waals surface area contributed by atoms with Crippen molar-refractivity contribution in [2.75, 3.05) is 19.6 Å². The largest absolute Gasteiger partial charge is 0.356 e. The fourth-order valence-corrected chi connectivity index (χ4v) is 6.29. The molecule has 1 aliphatic heterocycles. The van der Waals surface area contributed by atoms with Crippen LogP contribution in [-0.2, 0) is 14.8 Å². The zero-order valence-corrected chi connectivity index (χ0v) is 15.6. The summed E-state index contributed by atoms with van der Waals surface area (Å²) in [5.74, 6) is 0.680. The predicted octanol–water partition coefficient (Wildman–Crippen LogP) is 2.85. The first kappa shape index (κ1) is 17.9. The fourth-order valence-electron chi connectivity index (χ4n) is 3.68. The van der Waals surface area contributed by atoms with Gasteiger partial charge >= 0.3 is 0 Å². The van der Waals surface area contributed by atoms with Crippen LogP contribution in [0.3, 0.4) is 0 Å². The minimum atomic E-state index is -3.38. The fraction of sp³-hybridized carbons (Fsp3) is 0.706. The van der Waals surface area contributed by atoms with Crippen molar-refractivity contribution in [1.82, 2.24) is 9.62 Å². The lowest BCUT2D eigenvalue weighted by Crippen LogP contribution is -2.43. The lowest BCUT2D eigenvalue weighted by Gasteiger charge is -2.30. The molecule has 1 aliphatic carbocycles. The summed E-state index contributed by atoms with van der Waals surface area (Å²) in [6.45, 7) is 1.65. The van der Waals surface area contributed by atoms with E-state index in [4.69, 9.17) is 0 Å². The summed E-state index contributed by atoms with van der Waals surface area (Å²) in [6, 6.07) is 3.39. The van der Waals surface area contributed by atoms with Gasteiger partial charge in [0.1, 0.15) is 4.21 Å². The van der Waals surface area contributed by atoms with Gasteiger partial charge in [-0.3, -0.25) is 4.79 Å². The quantitative estimate of drug-likeness (QED) is 0.867. The van der Waals surface area contributed by atoms with Gasteiger partial charge in [0.25, 0.3) is 10.0 Å². The monoisotopic (exact) mass is 370 g/mol. The predicted molar refractivity (Wildman–Crippen MR) is 95.4 cm³/mol. The molecule has 7 heteroatoms. The number of hydrogen-bond acceptors (Lipinski definition) is 4. The first-order valence-electron chi connectivity index (χ1n) is 8.89. The van der Waals surface area contributed by atoms with Gasteiger partial charge in [-0.15, -0.1) is 11.3 Å². The summed E-state index contributed by atoms with van der Waals surface area (Å²) in [5.41, 5.74) is 0. The third-order valence-corrected chi connectivity index (χ3v) is 8.48. The first-order valence-corrected chi connectivity index (χ1v) is 11.2. The smallest absolute Gasteiger partial charge is 0.252 e. The van der Waals surface area contributed by atoms with E-state index in [2.05, 4.69) is 5.32 Å². The Morgan fingerprint density at radius 2 is 1.88 bits per heavy atom. The van der Waals surface area contributed by atoms with Gasteiger partial charge in [-0.1, -0.05) is 25.3 Å². The van der Waals surface area contributed by atoms with E-state index in [9.17, 15) is 13.2 Å². The number of nitrogens with zero attached hydrogens (tertiary/aromatic N) is 1. The zero-order valence-electron chi connectivity index (χ0n) is 13.9. The van der Waals surface area contributed by atoms with Crippen LogP contribution in [0.2, 0.25) is 0 Å². The number of hydrogen-bond donors (Lipinski definition) is 1. The van der Waals surface area contributed by atoms with E-state index in [1.807, 2.05) is 0 Å². The van der Waals surface area contributed by atoms with Crippen LogP contribution in [-0.4, -0.2) is 38.3 Å². The Morgan fingerprint density at radius 3 is 2.50 bits per heavy atom. The van der Waals surface area contributed by atoms with Crippen molar-refractivity contribution in [1.29, 1.82) is 0 Å². The molecular weight excluding hydrogens is 344 g/mol. The lowest BCUT2D eigenvalue weighted by molar-refractivity contribution is -0.126. The van der Waals surface area contributed by atoms with Gasteiger partial charge in [-0.05, 0) is 43.0 Å². The molecule has 0 radical (unpaired) electrons. The van der Waals surface area contributed by atoms with E-state index in [-0.39, 0.29) is 11.8 Å². The van der Waals surface area contributed by atoms with Gasteiger partial charge in [0.05, 0.1) is 0 Å². The van der Waals surface area contributed by atoms with Crippen molar-refractivity contribution in [3.05, 3.63) is 17.5 Å². The molecule has 2 heterocycles. The molecule has 24 heavy (non-hydrogen) atoms. The molecule has 2 aliphatic rings. The highest BCUT2D eigenvalue weighted by atomic mass is 32.2. The molecule has 0 unspecified atom stereocenters. The summed E-state index contributed by atoms with van der Waals surface area (Å²) < 4.78 is 26.9. The molecular formula is C17H26N2O3S2. The molecule has 134 valence electrons. The Labute approximate surface area is 148 Å². The summed E-state index contributed by atoms with van der Waals surface area (Å²) in [7, 11) is -3.38. The molecule has 3 rings (SSSR count). The molecule has 5 nitrogen and oxygen atoms in total. The molecule has 1 saturated heterocycles. The number of carbonyl (C=O) groups excluding carboxylic acids is 1. The number of amides is 1. The van der Waals surface area contributed by atoms with Crippen LogP contribution in [0.4, 0.5) is 0 Å². The molecule has 1 saturated carbocycles. The lowest BCUT2D eigenvalue weighted by atomic mass is 9.89. The van der Waals surface area contributed by atoms with E-state index in [1.165, 1.54) is 47.7 Å². The molecule has 1 aromatic heterocycles.